The Kier molecular flexibility index (Phi) is 6.04. The van der Waals surface area contributed by atoms with E-state index in [2.05, 4.69) is 21.1 Å². The highest BCUT2D eigenvalue weighted by molar-refractivity contribution is 5.45. The zero-order chi connectivity index (χ0) is 15.6. The van der Waals surface area contributed by atoms with Gasteiger partial charge in [0.2, 0.25) is 0 Å². The van der Waals surface area contributed by atoms with Crippen LogP contribution in [0.3, 0.4) is 0 Å². The lowest BCUT2D eigenvalue weighted by Crippen LogP contribution is -2.11. The molecule has 1 atom stereocenters. The minimum absolute atomic E-state index is 0.399. The van der Waals surface area contributed by atoms with Gasteiger partial charge in [0, 0.05) is 18.8 Å². The molecular formula is C16H19N5O. The minimum Gasteiger partial charge on any atom is -0.382 e. The molecular weight excluding hydrogens is 278 g/mol. The van der Waals surface area contributed by atoms with Crippen molar-refractivity contribution in [2.75, 3.05) is 18.4 Å². The molecule has 0 aliphatic rings. The Labute approximate surface area is 129 Å². The van der Waals surface area contributed by atoms with E-state index in [0.29, 0.717) is 13.1 Å². The Balaban J connectivity index is 1.88. The van der Waals surface area contributed by atoms with Gasteiger partial charge in [-0.1, -0.05) is 52.9 Å². The van der Waals surface area contributed by atoms with Crippen molar-refractivity contribution < 1.29 is 0 Å². The first-order chi connectivity index (χ1) is 10.8. The van der Waals surface area contributed by atoms with Gasteiger partial charge < -0.3 is 5.32 Å². The first kappa shape index (κ1) is 15.6. The quantitative estimate of drug-likeness (QED) is 0.285. The number of nitrogens with zero attached hydrogens (tertiary/aromatic N) is 2. The monoisotopic (exact) mass is 297 g/mol. The summed E-state index contributed by atoms with van der Waals surface area (Å²) in [6, 6.07) is 17.1. The summed E-state index contributed by atoms with van der Waals surface area (Å²) < 4.78 is 0. The van der Waals surface area contributed by atoms with Gasteiger partial charge in [-0.2, -0.15) is 10.4 Å². The molecule has 0 aliphatic heterocycles. The Bertz CT molecular complexity index is 585. The van der Waals surface area contributed by atoms with Gasteiger partial charge in [0.25, 0.3) is 0 Å². The molecule has 2 rings (SSSR count). The topological polar surface area (TPSA) is 89.7 Å². The zero-order valence-electron chi connectivity index (χ0n) is 12.2. The van der Waals surface area contributed by atoms with Crippen LogP contribution in [0.5, 0.6) is 0 Å². The standard InChI is InChI=1S/C16H19N5O/c17-21-19-11-10-13-6-8-15(9-7-13)18-12-16(20-22)14-4-2-1-3-5-14/h1-9,16,18H,10-12H2,(H2,17,19)/t16-/m1/s1. The number of rotatable bonds is 9. The minimum atomic E-state index is -0.399. The SMILES string of the molecule is N=NNCCc1ccc(NC[C@@H](N=O)c2ccccc2)cc1. The van der Waals surface area contributed by atoms with E-state index in [1.165, 1.54) is 0 Å². The summed E-state index contributed by atoms with van der Waals surface area (Å²) in [5.41, 5.74) is 12.3. The van der Waals surface area contributed by atoms with Crippen LogP contribution in [0.2, 0.25) is 0 Å². The van der Waals surface area contributed by atoms with Crippen molar-refractivity contribution >= 4 is 5.69 Å². The third kappa shape index (κ3) is 4.66. The summed E-state index contributed by atoms with van der Waals surface area (Å²) in [5.74, 6) is 0. The molecule has 0 aromatic heterocycles. The van der Waals surface area contributed by atoms with Gasteiger partial charge in [-0.25, -0.2) is 0 Å². The van der Waals surface area contributed by atoms with Crippen LogP contribution in [0.15, 0.2) is 65.0 Å². The second kappa shape index (κ2) is 8.51. The number of hydrogen-bond acceptors (Lipinski definition) is 5. The summed E-state index contributed by atoms with van der Waals surface area (Å²) in [4.78, 5) is 11.0. The molecule has 6 heteroatoms. The molecule has 0 spiro atoms. The van der Waals surface area contributed by atoms with E-state index in [1.807, 2.05) is 54.6 Å². The molecule has 0 unspecified atom stereocenters. The molecule has 0 fully saturated rings. The molecule has 2 aromatic rings. The lowest BCUT2D eigenvalue weighted by atomic mass is 10.1. The van der Waals surface area contributed by atoms with Crippen molar-refractivity contribution in [3.63, 3.8) is 0 Å². The van der Waals surface area contributed by atoms with E-state index < -0.39 is 6.04 Å². The number of benzene rings is 2. The van der Waals surface area contributed by atoms with Crippen molar-refractivity contribution in [1.29, 1.82) is 5.53 Å². The van der Waals surface area contributed by atoms with Crippen molar-refractivity contribution in [1.82, 2.24) is 5.43 Å². The highest BCUT2D eigenvalue weighted by atomic mass is 16.3. The molecule has 114 valence electrons. The number of nitrogens with one attached hydrogen (secondary N) is 3. The largest absolute Gasteiger partial charge is 0.382 e. The summed E-state index contributed by atoms with van der Waals surface area (Å²) in [5, 5.41) is 9.53. The van der Waals surface area contributed by atoms with Crippen LogP contribution in [0, 0.1) is 10.4 Å². The maximum atomic E-state index is 11.0. The molecule has 2 aromatic carbocycles. The van der Waals surface area contributed by atoms with Gasteiger partial charge >= 0.3 is 0 Å². The number of hydrogen-bond donors (Lipinski definition) is 3. The predicted molar refractivity (Wildman–Crippen MR) is 86.8 cm³/mol. The summed E-state index contributed by atoms with van der Waals surface area (Å²) >= 11 is 0. The average Bonchev–Trinajstić information content (AvgIpc) is 2.58. The molecule has 6 nitrogen and oxygen atoms in total. The van der Waals surface area contributed by atoms with Gasteiger partial charge in [0.1, 0.15) is 6.04 Å². The molecule has 0 saturated heterocycles. The predicted octanol–water partition coefficient (Wildman–Crippen LogP) is 3.68. The highest BCUT2D eigenvalue weighted by Gasteiger charge is 2.10. The third-order valence-corrected chi connectivity index (χ3v) is 3.37. The lowest BCUT2D eigenvalue weighted by molar-refractivity contribution is 0.669. The van der Waals surface area contributed by atoms with Crippen LogP contribution < -0.4 is 10.7 Å². The van der Waals surface area contributed by atoms with E-state index >= 15 is 0 Å². The molecule has 0 saturated carbocycles. The lowest BCUT2D eigenvalue weighted by Gasteiger charge is -2.12. The van der Waals surface area contributed by atoms with E-state index in [0.717, 1.165) is 23.2 Å². The molecule has 0 aliphatic carbocycles. The summed E-state index contributed by atoms with van der Waals surface area (Å²) in [6.07, 6.45) is 0.811. The Hall–Kier alpha value is -2.76. The Morgan fingerprint density at radius 1 is 1.05 bits per heavy atom. The maximum absolute atomic E-state index is 11.0. The average molecular weight is 297 g/mol. The third-order valence-electron chi connectivity index (χ3n) is 3.37. The van der Waals surface area contributed by atoms with Gasteiger partial charge in [-0.3, -0.25) is 5.43 Å². The van der Waals surface area contributed by atoms with Gasteiger partial charge in [-0.15, -0.1) is 0 Å². The second-order valence-corrected chi connectivity index (χ2v) is 4.88. The van der Waals surface area contributed by atoms with E-state index in [-0.39, 0.29) is 0 Å². The van der Waals surface area contributed by atoms with E-state index in [4.69, 9.17) is 5.53 Å². The van der Waals surface area contributed by atoms with E-state index in [1.54, 1.807) is 0 Å². The Morgan fingerprint density at radius 2 is 1.77 bits per heavy atom. The normalized spacial score (nSPS) is 11.5. The second-order valence-electron chi connectivity index (χ2n) is 4.88. The molecule has 0 radical (unpaired) electrons. The van der Waals surface area contributed by atoms with Crippen molar-refractivity contribution in [3.8, 4) is 0 Å². The van der Waals surface area contributed by atoms with Gasteiger partial charge in [-0.05, 0) is 29.7 Å². The number of nitroso groups, excluding NO2 is 1. The van der Waals surface area contributed by atoms with Crippen molar-refractivity contribution in [2.45, 2.75) is 12.5 Å². The molecule has 3 N–H and O–H groups in total. The summed E-state index contributed by atoms with van der Waals surface area (Å²) in [6.45, 7) is 1.10. The van der Waals surface area contributed by atoms with Crippen LogP contribution in [0.4, 0.5) is 5.69 Å². The first-order valence-electron chi connectivity index (χ1n) is 7.13. The molecule has 0 amide bonds. The summed E-state index contributed by atoms with van der Waals surface area (Å²) in [7, 11) is 0. The fourth-order valence-corrected chi connectivity index (χ4v) is 2.15. The number of anilines is 1. The molecule has 0 bridgehead atoms. The zero-order valence-corrected chi connectivity index (χ0v) is 12.2. The van der Waals surface area contributed by atoms with Crippen LogP contribution in [-0.2, 0) is 6.42 Å². The van der Waals surface area contributed by atoms with Crippen molar-refractivity contribution in [3.05, 3.63) is 70.6 Å². The van der Waals surface area contributed by atoms with Crippen LogP contribution >= 0.6 is 0 Å². The van der Waals surface area contributed by atoms with E-state index in [9.17, 15) is 4.91 Å². The molecule has 0 heterocycles. The maximum Gasteiger partial charge on any atom is 0.134 e. The van der Waals surface area contributed by atoms with Gasteiger partial charge in [0.05, 0.1) is 0 Å². The first-order valence-corrected chi connectivity index (χ1v) is 7.13. The molecule has 22 heavy (non-hydrogen) atoms. The fourth-order valence-electron chi connectivity index (χ4n) is 2.15. The van der Waals surface area contributed by atoms with Crippen LogP contribution in [-0.4, -0.2) is 13.1 Å². The van der Waals surface area contributed by atoms with Gasteiger partial charge in [0.15, 0.2) is 0 Å². The van der Waals surface area contributed by atoms with Crippen molar-refractivity contribution in [2.24, 2.45) is 10.4 Å². The Morgan fingerprint density at radius 3 is 2.41 bits per heavy atom. The van der Waals surface area contributed by atoms with Crippen LogP contribution in [0.1, 0.15) is 17.2 Å². The highest BCUT2D eigenvalue weighted by Crippen LogP contribution is 2.18. The van der Waals surface area contributed by atoms with Crippen LogP contribution in [0.25, 0.3) is 0 Å². The smallest absolute Gasteiger partial charge is 0.134 e. The fraction of sp³-hybridized carbons (Fsp3) is 0.250.